The number of ether oxygens (including phenoxy) is 1. The zero-order chi connectivity index (χ0) is 21.6. The van der Waals surface area contributed by atoms with Crippen LogP contribution in [0.3, 0.4) is 0 Å². The van der Waals surface area contributed by atoms with Gasteiger partial charge in [0.15, 0.2) is 0 Å². The molecule has 0 unspecified atom stereocenters. The highest BCUT2D eigenvalue weighted by molar-refractivity contribution is 5.86. The van der Waals surface area contributed by atoms with Gasteiger partial charge in [-0.05, 0) is 45.4 Å². The van der Waals surface area contributed by atoms with E-state index >= 15 is 0 Å². The van der Waals surface area contributed by atoms with Crippen LogP contribution in [0.1, 0.15) is 58.3 Å². The van der Waals surface area contributed by atoms with Crippen molar-refractivity contribution in [1.29, 1.82) is 0 Å². The fraction of sp³-hybridized carbons (Fsp3) is 0.682. The highest BCUT2D eigenvalue weighted by Gasteiger charge is 2.31. The van der Waals surface area contributed by atoms with Crippen molar-refractivity contribution < 1.29 is 24.2 Å². The van der Waals surface area contributed by atoms with E-state index in [2.05, 4.69) is 18.5 Å². The van der Waals surface area contributed by atoms with Crippen LogP contribution in [-0.4, -0.2) is 59.6 Å². The molecule has 29 heavy (non-hydrogen) atoms. The molecule has 0 aromatic heterocycles. The number of allylic oxidation sites excluding steroid dienone is 2. The van der Waals surface area contributed by atoms with Crippen molar-refractivity contribution in [2.24, 2.45) is 5.92 Å². The van der Waals surface area contributed by atoms with Crippen molar-refractivity contribution in [3.05, 3.63) is 25.3 Å². The van der Waals surface area contributed by atoms with E-state index in [-0.39, 0.29) is 43.4 Å². The van der Waals surface area contributed by atoms with E-state index < -0.39 is 12.0 Å². The van der Waals surface area contributed by atoms with Crippen molar-refractivity contribution in [3.8, 4) is 0 Å². The minimum Gasteiger partial charge on any atom is -0.461 e. The summed E-state index contributed by atoms with van der Waals surface area (Å²) in [5, 5.41) is 12.2. The first-order chi connectivity index (χ1) is 13.9. The first kappa shape index (κ1) is 24.9. The Morgan fingerprint density at radius 2 is 2.03 bits per heavy atom. The second kappa shape index (κ2) is 13.9. The number of carbonyl (C=O) groups excluding carboxylic acids is 3. The van der Waals surface area contributed by atoms with Gasteiger partial charge in [-0.2, -0.15) is 0 Å². The van der Waals surface area contributed by atoms with Gasteiger partial charge in [0.2, 0.25) is 11.8 Å². The summed E-state index contributed by atoms with van der Waals surface area (Å²) in [5.41, 5.74) is 0. The van der Waals surface area contributed by atoms with Gasteiger partial charge in [0, 0.05) is 19.4 Å². The zero-order valence-corrected chi connectivity index (χ0v) is 17.6. The number of amides is 2. The lowest BCUT2D eigenvalue weighted by Gasteiger charge is -2.25. The molecule has 7 nitrogen and oxygen atoms in total. The Morgan fingerprint density at radius 1 is 1.28 bits per heavy atom. The fourth-order valence-corrected chi connectivity index (χ4v) is 3.44. The van der Waals surface area contributed by atoms with Gasteiger partial charge in [-0.15, -0.1) is 13.2 Å². The molecule has 1 saturated heterocycles. The maximum absolute atomic E-state index is 12.6. The Balaban J connectivity index is 2.43. The third kappa shape index (κ3) is 9.26. The number of unbranched alkanes of at least 4 members (excludes halogenated alkanes) is 2. The smallest absolute Gasteiger partial charge is 0.306 e. The molecular weight excluding hydrogens is 372 g/mol. The number of carbonyl (C=O) groups is 3. The van der Waals surface area contributed by atoms with Gasteiger partial charge < -0.3 is 20.1 Å². The lowest BCUT2D eigenvalue weighted by atomic mass is 9.99. The maximum atomic E-state index is 12.6. The first-order valence-corrected chi connectivity index (χ1v) is 10.5. The monoisotopic (exact) mass is 408 g/mol. The third-order valence-corrected chi connectivity index (χ3v) is 5.09. The van der Waals surface area contributed by atoms with Crippen LogP contribution in [0.4, 0.5) is 0 Å². The molecule has 0 aromatic rings. The predicted molar refractivity (Wildman–Crippen MR) is 112 cm³/mol. The van der Waals surface area contributed by atoms with Crippen LogP contribution in [0, 0.1) is 5.92 Å². The Morgan fingerprint density at radius 3 is 2.69 bits per heavy atom. The highest BCUT2D eigenvalue weighted by Crippen LogP contribution is 2.20. The number of nitrogens with one attached hydrogen (secondary N) is 1. The quantitative estimate of drug-likeness (QED) is 0.261. The molecule has 0 bridgehead atoms. The maximum Gasteiger partial charge on any atom is 0.306 e. The Hall–Kier alpha value is -2.15. The van der Waals surface area contributed by atoms with Crippen molar-refractivity contribution in [1.82, 2.24) is 10.2 Å². The number of aliphatic hydroxyl groups is 1. The molecule has 3 atom stereocenters. The van der Waals surface area contributed by atoms with Gasteiger partial charge in [-0.25, -0.2) is 0 Å². The van der Waals surface area contributed by atoms with Gasteiger partial charge >= 0.3 is 5.97 Å². The summed E-state index contributed by atoms with van der Waals surface area (Å²) in [4.78, 5) is 38.6. The molecule has 0 aliphatic carbocycles. The SMILES string of the molecule is C=CCCCCC(=O)O[C@@H](C)CNC(=O)[C@H](CC=C)CC(=O)N1CCC[C@H]1CO. The lowest BCUT2D eigenvalue weighted by molar-refractivity contribution is -0.148. The molecule has 1 aliphatic rings. The van der Waals surface area contributed by atoms with Gasteiger partial charge in [0.25, 0.3) is 0 Å². The molecule has 0 aromatic carbocycles. The summed E-state index contributed by atoms with van der Waals surface area (Å²) in [6.07, 6.45) is 7.98. The minimum atomic E-state index is -0.526. The average molecular weight is 409 g/mol. The van der Waals surface area contributed by atoms with E-state index in [1.165, 1.54) is 0 Å². The molecule has 0 saturated carbocycles. The molecule has 0 spiro atoms. The standard InChI is InChI=1S/C22H36N2O5/c1-4-6-7-8-12-21(27)29-17(3)15-23-22(28)18(10-5-2)14-20(26)24-13-9-11-19(24)16-25/h4-5,17-19,25H,1-2,6-16H2,3H3,(H,23,28)/t17-,18+,19-/m0/s1. The molecule has 1 fully saturated rings. The van der Waals surface area contributed by atoms with E-state index in [1.54, 1.807) is 17.9 Å². The second-order valence-corrected chi connectivity index (χ2v) is 7.57. The average Bonchev–Trinajstić information content (AvgIpc) is 3.18. The van der Waals surface area contributed by atoms with E-state index in [9.17, 15) is 19.5 Å². The molecule has 164 valence electrons. The summed E-state index contributed by atoms with van der Waals surface area (Å²) in [6, 6.07) is -0.152. The normalized spacial score (nSPS) is 18.0. The predicted octanol–water partition coefficient (Wildman–Crippen LogP) is 2.35. The number of hydrogen-bond donors (Lipinski definition) is 2. The Kier molecular flexibility index (Phi) is 12.0. The molecule has 2 N–H and O–H groups in total. The van der Waals surface area contributed by atoms with E-state index in [0.717, 1.165) is 32.1 Å². The number of nitrogens with zero attached hydrogens (tertiary/aromatic N) is 1. The van der Waals surface area contributed by atoms with Crippen LogP contribution >= 0.6 is 0 Å². The van der Waals surface area contributed by atoms with Gasteiger partial charge in [0.05, 0.1) is 25.1 Å². The lowest BCUT2D eigenvalue weighted by Crippen LogP contribution is -2.42. The number of hydrogen-bond acceptors (Lipinski definition) is 5. The highest BCUT2D eigenvalue weighted by atomic mass is 16.5. The Bertz CT molecular complexity index is 563. The summed E-state index contributed by atoms with van der Waals surface area (Å²) >= 11 is 0. The molecule has 2 amide bonds. The van der Waals surface area contributed by atoms with Gasteiger partial charge in [0.1, 0.15) is 6.10 Å². The number of likely N-dealkylation sites (tertiary alicyclic amines) is 1. The summed E-state index contributed by atoms with van der Waals surface area (Å²) in [5.74, 6) is -1.19. The summed E-state index contributed by atoms with van der Waals surface area (Å²) in [7, 11) is 0. The largest absolute Gasteiger partial charge is 0.461 e. The van der Waals surface area contributed by atoms with Crippen LogP contribution in [-0.2, 0) is 19.1 Å². The summed E-state index contributed by atoms with van der Waals surface area (Å²) < 4.78 is 5.31. The van der Waals surface area contributed by atoms with Crippen molar-refractivity contribution in [2.45, 2.75) is 70.4 Å². The van der Waals surface area contributed by atoms with Crippen LogP contribution in [0.15, 0.2) is 25.3 Å². The molecule has 1 aliphatic heterocycles. The molecular formula is C22H36N2O5. The molecule has 0 radical (unpaired) electrons. The van der Waals surface area contributed by atoms with Gasteiger partial charge in [-0.3, -0.25) is 14.4 Å². The topological polar surface area (TPSA) is 95.9 Å². The number of aliphatic hydroxyl groups excluding tert-OH is 1. The summed E-state index contributed by atoms with van der Waals surface area (Å²) in [6.45, 7) is 9.81. The third-order valence-electron chi connectivity index (χ3n) is 5.09. The molecule has 1 heterocycles. The zero-order valence-electron chi connectivity index (χ0n) is 17.6. The Labute approximate surface area is 174 Å². The minimum absolute atomic E-state index is 0.0550. The van der Waals surface area contributed by atoms with Crippen LogP contribution in [0.2, 0.25) is 0 Å². The van der Waals surface area contributed by atoms with E-state index in [0.29, 0.717) is 19.4 Å². The van der Waals surface area contributed by atoms with Gasteiger partial charge in [-0.1, -0.05) is 12.2 Å². The van der Waals surface area contributed by atoms with Crippen molar-refractivity contribution >= 4 is 17.8 Å². The first-order valence-electron chi connectivity index (χ1n) is 10.5. The molecule has 7 heteroatoms. The van der Waals surface area contributed by atoms with E-state index in [4.69, 9.17) is 4.74 Å². The molecule has 1 rings (SSSR count). The van der Waals surface area contributed by atoms with Crippen LogP contribution in [0.25, 0.3) is 0 Å². The van der Waals surface area contributed by atoms with Crippen molar-refractivity contribution in [2.75, 3.05) is 19.7 Å². The fourth-order valence-electron chi connectivity index (χ4n) is 3.44. The van der Waals surface area contributed by atoms with Crippen LogP contribution in [0.5, 0.6) is 0 Å². The second-order valence-electron chi connectivity index (χ2n) is 7.57. The van der Waals surface area contributed by atoms with Crippen LogP contribution < -0.4 is 5.32 Å². The number of rotatable bonds is 14. The van der Waals surface area contributed by atoms with Crippen molar-refractivity contribution in [3.63, 3.8) is 0 Å². The van der Waals surface area contributed by atoms with E-state index in [1.807, 2.05) is 6.08 Å². The number of esters is 1.